The number of ether oxygens (including phenoxy) is 4. The second kappa shape index (κ2) is 25.3. The molecule has 12 nitrogen and oxygen atoms in total. The summed E-state index contributed by atoms with van der Waals surface area (Å²) in [7, 11) is 6.77. The van der Waals surface area contributed by atoms with Gasteiger partial charge in [-0.25, -0.2) is 0 Å². The first-order valence-electron chi connectivity index (χ1n) is 15.2. The van der Waals surface area contributed by atoms with E-state index < -0.39 is 5.68 Å². The second-order valence-electron chi connectivity index (χ2n) is 10.4. The number of nitrogens with one attached hydrogen (secondary N) is 1. The number of carbonyl (C=O) groups excluding carboxylic acids is 4. The Bertz CT molecular complexity index is 830. The average molecular weight is 627 g/mol. The van der Waals surface area contributed by atoms with Crippen LogP contribution in [0.15, 0.2) is 4.99 Å². The minimum absolute atomic E-state index is 0.0188. The lowest BCUT2D eigenvalue weighted by Crippen LogP contribution is -2.40. The fourth-order valence-corrected chi connectivity index (χ4v) is 5.77. The van der Waals surface area contributed by atoms with Crippen LogP contribution >= 0.6 is 11.8 Å². The predicted molar refractivity (Wildman–Crippen MR) is 168 cm³/mol. The molecule has 0 spiro atoms. The van der Waals surface area contributed by atoms with Crippen LogP contribution < -0.4 is 11.1 Å². The fourth-order valence-electron chi connectivity index (χ4n) is 4.64. The standard InChI is InChI=1S/C29H51BN4O8S/c1-3-32-27(31)5-4-20-43-25(10-12-35)29(38)34(2)21-23-6-8-24(9-7-23)28(37)33-11-13-39-14-15-40-16-17-41-18-19-42-22-26(30)36/h12,23-25H,3-11,13-22H2,1-2H3,(H2,31,32)(H,33,37). The molecule has 3 N–H and O–H groups in total. The molecule has 1 rings (SSSR count). The molecule has 1 aliphatic rings. The maximum Gasteiger partial charge on any atom is 0.235 e. The van der Waals surface area contributed by atoms with Gasteiger partial charge in [-0.15, -0.1) is 11.8 Å². The first-order valence-corrected chi connectivity index (χ1v) is 16.3. The molecule has 1 unspecified atom stereocenters. The minimum Gasteiger partial charge on any atom is -0.387 e. The van der Waals surface area contributed by atoms with Crippen molar-refractivity contribution < 1.29 is 38.1 Å². The van der Waals surface area contributed by atoms with Crippen LogP contribution in [0.2, 0.25) is 0 Å². The highest BCUT2D eigenvalue weighted by Gasteiger charge is 2.29. The van der Waals surface area contributed by atoms with Gasteiger partial charge >= 0.3 is 0 Å². The van der Waals surface area contributed by atoms with E-state index >= 15 is 0 Å². The van der Waals surface area contributed by atoms with Crippen molar-refractivity contribution in [3.63, 3.8) is 0 Å². The van der Waals surface area contributed by atoms with Crippen LogP contribution in [0.1, 0.15) is 51.9 Å². The van der Waals surface area contributed by atoms with Crippen LogP contribution in [0.5, 0.6) is 0 Å². The number of hydrogen-bond acceptors (Lipinski definition) is 10. The van der Waals surface area contributed by atoms with Gasteiger partial charge in [0.2, 0.25) is 11.8 Å². The number of nitrogens with zero attached hydrogens (tertiary/aromatic N) is 2. The number of rotatable bonds is 26. The van der Waals surface area contributed by atoms with Gasteiger partial charge in [0.15, 0.2) is 7.85 Å². The van der Waals surface area contributed by atoms with E-state index in [1.54, 1.807) is 11.9 Å². The molecule has 14 heteroatoms. The summed E-state index contributed by atoms with van der Waals surface area (Å²) in [5, 5.41) is 2.57. The summed E-state index contributed by atoms with van der Waals surface area (Å²) in [4.78, 5) is 53.2. The molecule has 0 bridgehead atoms. The number of thioether (sulfide) groups is 1. The van der Waals surface area contributed by atoms with E-state index in [2.05, 4.69) is 10.3 Å². The highest BCUT2D eigenvalue weighted by molar-refractivity contribution is 8.00. The highest BCUT2D eigenvalue weighted by Crippen LogP contribution is 2.30. The number of aliphatic imine (C=N–C) groups is 1. The molecular weight excluding hydrogens is 575 g/mol. The fraction of sp³-hybridized carbons (Fsp3) is 0.828. The smallest absolute Gasteiger partial charge is 0.235 e. The Hall–Kier alpha value is -2.00. The van der Waals surface area contributed by atoms with Crippen molar-refractivity contribution in [1.82, 2.24) is 10.2 Å². The van der Waals surface area contributed by atoms with Crippen LogP contribution in [0.3, 0.4) is 0 Å². The normalized spacial score (nSPS) is 17.8. The van der Waals surface area contributed by atoms with Gasteiger partial charge in [-0.3, -0.25) is 14.6 Å². The summed E-state index contributed by atoms with van der Waals surface area (Å²) in [6.07, 6.45) is 5.86. The van der Waals surface area contributed by atoms with E-state index in [1.807, 2.05) is 6.92 Å². The number of hydrogen-bond donors (Lipinski definition) is 2. The number of aldehydes is 1. The molecule has 0 aromatic rings. The first kappa shape index (κ1) is 39.0. The third-order valence-electron chi connectivity index (χ3n) is 6.88. The molecule has 0 aliphatic heterocycles. The number of amides is 2. The van der Waals surface area contributed by atoms with Crippen molar-refractivity contribution in [3.8, 4) is 0 Å². The van der Waals surface area contributed by atoms with E-state index in [0.29, 0.717) is 84.1 Å². The van der Waals surface area contributed by atoms with Gasteiger partial charge in [0.05, 0.1) is 63.9 Å². The molecular formula is C29H51BN4O8S. The number of amidine groups is 1. The van der Waals surface area contributed by atoms with Crippen molar-refractivity contribution in [2.75, 3.05) is 85.3 Å². The molecule has 244 valence electrons. The third kappa shape index (κ3) is 19.8. The van der Waals surface area contributed by atoms with Crippen LogP contribution in [-0.4, -0.2) is 133 Å². The van der Waals surface area contributed by atoms with Crippen LogP contribution in [-0.2, 0) is 38.1 Å². The van der Waals surface area contributed by atoms with E-state index in [0.717, 1.165) is 44.1 Å². The summed E-state index contributed by atoms with van der Waals surface area (Å²) in [5.74, 6) is 1.71. The van der Waals surface area contributed by atoms with Gasteiger partial charge in [-0.2, -0.15) is 0 Å². The Morgan fingerprint density at radius 2 is 1.63 bits per heavy atom. The zero-order chi connectivity index (χ0) is 31.7. The summed E-state index contributed by atoms with van der Waals surface area (Å²) < 4.78 is 21.2. The largest absolute Gasteiger partial charge is 0.387 e. The number of nitrogens with two attached hydrogens (primary N) is 1. The molecule has 0 aromatic heterocycles. The van der Waals surface area contributed by atoms with E-state index in [1.165, 1.54) is 11.8 Å². The van der Waals surface area contributed by atoms with Gasteiger partial charge in [0.25, 0.3) is 0 Å². The first-order chi connectivity index (χ1) is 20.8. The zero-order valence-electron chi connectivity index (χ0n) is 26.0. The van der Waals surface area contributed by atoms with Gasteiger partial charge < -0.3 is 44.5 Å². The van der Waals surface area contributed by atoms with Crippen molar-refractivity contribution in [2.24, 2.45) is 22.6 Å². The Morgan fingerprint density at radius 1 is 1.02 bits per heavy atom. The van der Waals surface area contributed by atoms with Crippen molar-refractivity contribution >= 4 is 49.2 Å². The summed E-state index contributed by atoms with van der Waals surface area (Å²) >= 11 is 1.51. The van der Waals surface area contributed by atoms with Gasteiger partial charge in [0.1, 0.15) is 12.0 Å². The topological polar surface area (TPSA) is 159 Å². The average Bonchev–Trinajstić information content (AvgIpc) is 2.98. The Labute approximate surface area is 262 Å². The second-order valence-corrected chi connectivity index (χ2v) is 11.7. The predicted octanol–water partition coefficient (Wildman–Crippen LogP) is 0.977. The lowest BCUT2D eigenvalue weighted by Gasteiger charge is -2.32. The molecule has 0 saturated heterocycles. The van der Waals surface area contributed by atoms with Crippen molar-refractivity contribution in [1.29, 1.82) is 0 Å². The monoisotopic (exact) mass is 626 g/mol. The molecule has 0 aromatic carbocycles. The van der Waals surface area contributed by atoms with E-state index in [9.17, 15) is 19.2 Å². The van der Waals surface area contributed by atoms with Crippen LogP contribution in [0, 0.1) is 11.8 Å². The molecule has 1 aliphatic carbocycles. The molecule has 1 fully saturated rings. The lowest BCUT2D eigenvalue weighted by atomic mass is 9.81. The molecule has 2 radical (unpaired) electrons. The van der Waals surface area contributed by atoms with E-state index in [-0.39, 0.29) is 36.0 Å². The SMILES string of the molecule is [B]C(=O)COCCOCCOCCOCCNC(=O)C1CCC(CN(C)C(=O)C(CC=O)SCCCC(N)=NCC)CC1. The maximum absolute atomic E-state index is 13.0. The Balaban J connectivity index is 2.13. The third-order valence-corrected chi connectivity index (χ3v) is 8.20. The van der Waals surface area contributed by atoms with Crippen LogP contribution in [0.4, 0.5) is 0 Å². The van der Waals surface area contributed by atoms with Crippen LogP contribution in [0.25, 0.3) is 0 Å². The lowest BCUT2D eigenvalue weighted by molar-refractivity contribution is -0.131. The Kier molecular flexibility index (Phi) is 23.0. The molecule has 43 heavy (non-hydrogen) atoms. The van der Waals surface area contributed by atoms with Crippen molar-refractivity contribution in [3.05, 3.63) is 0 Å². The molecule has 1 atom stereocenters. The molecule has 2 amide bonds. The number of carbonyl (C=O) groups is 4. The molecule has 1 saturated carbocycles. The molecule has 0 heterocycles. The summed E-state index contributed by atoms with van der Waals surface area (Å²) in [5.41, 5.74) is 5.33. The van der Waals surface area contributed by atoms with Gasteiger partial charge in [-0.1, -0.05) is 0 Å². The van der Waals surface area contributed by atoms with Gasteiger partial charge in [-0.05, 0) is 50.7 Å². The Morgan fingerprint density at radius 3 is 2.21 bits per heavy atom. The van der Waals surface area contributed by atoms with Gasteiger partial charge in [0, 0.05) is 45.4 Å². The maximum atomic E-state index is 13.0. The quantitative estimate of drug-likeness (QED) is 0.0466. The van der Waals surface area contributed by atoms with E-state index in [4.69, 9.17) is 32.5 Å². The zero-order valence-corrected chi connectivity index (χ0v) is 26.8. The van der Waals surface area contributed by atoms with Crippen molar-refractivity contribution in [2.45, 2.75) is 57.1 Å². The summed E-state index contributed by atoms with van der Waals surface area (Å²) in [6, 6.07) is 0. The highest BCUT2D eigenvalue weighted by atomic mass is 32.2. The minimum atomic E-state index is -0.510. The summed E-state index contributed by atoms with van der Waals surface area (Å²) in [6.45, 7) is 6.31.